The van der Waals surface area contributed by atoms with Gasteiger partial charge in [0.25, 0.3) is 0 Å². The molecule has 0 aromatic heterocycles. The largest absolute Gasteiger partial charge is 0.616 e. The molecule has 1 heterocycles. The first-order valence-corrected chi connectivity index (χ1v) is 7.48. The van der Waals surface area contributed by atoms with Crippen LogP contribution in [0.5, 0.6) is 0 Å². The molecule has 1 fully saturated rings. The molecule has 0 aliphatic carbocycles. The van der Waals surface area contributed by atoms with Crippen LogP contribution < -0.4 is 0 Å². The number of hydrogen-bond acceptors (Lipinski definition) is 6. The summed E-state index contributed by atoms with van der Waals surface area (Å²) in [4.78, 5) is 24.5. The van der Waals surface area contributed by atoms with Crippen molar-refractivity contribution in [2.75, 3.05) is 38.3 Å². The maximum absolute atomic E-state index is 11.2. The number of hydrogen-bond donors (Lipinski definition) is 0. The SMILES string of the molecule is COC(=O)/C=C/C(=O)OCCN1CC[S+]([O-])CC1=S. The second-order valence-corrected chi connectivity index (χ2v) is 5.74. The standard InChI is InChI=1S/C11H15NO5S2/c1-16-10(13)2-3-11(14)17-6-4-12-5-7-19(15)8-9(12)18/h2-3H,4-8H2,1H3/b3-2+. The van der Waals surface area contributed by atoms with E-state index in [0.717, 1.165) is 12.2 Å². The minimum Gasteiger partial charge on any atom is -0.616 e. The molecule has 0 aromatic carbocycles. The van der Waals surface area contributed by atoms with Crippen molar-refractivity contribution >= 4 is 40.3 Å². The van der Waals surface area contributed by atoms with Crippen molar-refractivity contribution in [1.29, 1.82) is 0 Å². The Balaban J connectivity index is 2.23. The average Bonchev–Trinajstić information content (AvgIpc) is 2.38. The van der Waals surface area contributed by atoms with Crippen LogP contribution in [0, 0.1) is 0 Å². The van der Waals surface area contributed by atoms with Gasteiger partial charge in [0.15, 0.2) is 5.75 Å². The number of carbonyl (C=O) groups excluding carboxylic acids is 2. The van der Waals surface area contributed by atoms with Crippen LogP contribution in [0.3, 0.4) is 0 Å². The molecule has 8 heteroatoms. The smallest absolute Gasteiger partial charge is 0.331 e. The molecular weight excluding hydrogens is 290 g/mol. The summed E-state index contributed by atoms with van der Waals surface area (Å²) in [5.41, 5.74) is 0. The Kier molecular flexibility index (Phi) is 6.82. The molecule has 0 spiro atoms. The Labute approximate surface area is 119 Å². The third-order valence-corrected chi connectivity index (χ3v) is 4.21. The molecule has 19 heavy (non-hydrogen) atoms. The van der Waals surface area contributed by atoms with Crippen LogP contribution in [0.4, 0.5) is 0 Å². The van der Waals surface area contributed by atoms with Crippen molar-refractivity contribution in [2.45, 2.75) is 0 Å². The number of carbonyl (C=O) groups is 2. The van der Waals surface area contributed by atoms with Crippen LogP contribution in [0.15, 0.2) is 12.2 Å². The van der Waals surface area contributed by atoms with E-state index in [1.165, 1.54) is 7.11 Å². The highest BCUT2D eigenvalue weighted by molar-refractivity contribution is 7.94. The summed E-state index contributed by atoms with van der Waals surface area (Å²) in [5.74, 6) is -0.254. The van der Waals surface area contributed by atoms with E-state index in [4.69, 9.17) is 17.0 Å². The quantitative estimate of drug-likeness (QED) is 0.297. The molecule has 0 aromatic rings. The zero-order chi connectivity index (χ0) is 14.3. The molecular formula is C11H15NO5S2. The maximum Gasteiger partial charge on any atom is 0.331 e. The summed E-state index contributed by atoms with van der Waals surface area (Å²) in [6.07, 6.45) is 2.01. The minimum atomic E-state index is -0.868. The monoisotopic (exact) mass is 305 g/mol. The molecule has 1 unspecified atom stereocenters. The summed E-state index contributed by atoms with van der Waals surface area (Å²) in [6, 6.07) is 0. The Morgan fingerprint density at radius 2 is 2.16 bits per heavy atom. The van der Waals surface area contributed by atoms with Crippen LogP contribution in [-0.2, 0) is 30.2 Å². The molecule has 6 nitrogen and oxygen atoms in total. The van der Waals surface area contributed by atoms with Gasteiger partial charge in [0.2, 0.25) is 0 Å². The van der Waals surface area contributed by atoms with Crippen molar-refractivity contribution in [3.63, 3.8) is 0 Å². The van der Waals surface area contributed by atoms with Crippen molar-refractivity contribution in [1.82, 2.24) is 4.90 Å². The van der Waals surface area contributed by atoms with Crippen molar-refractivity contribution in [3.05, 3.63) is 12.2 Å². The van der Waals surface area contributed by atoms with Gasteiger partial charge in [-0.1, -0.05) is 12.2 Å². The number of methoxy groups -OCH3 is 1. The van der Waals surface area contributed by atoms with Crippen LogP contribution in [0.25, 0.3) is 0 Å². The Morgan fingerprint density at radius 3 is 2.79 bits per heavy atom. The van der Waals surface area contributed by atoms with Gasteiger partial charge in [-0.25, -0.2) is 9.59 Å². The Morgan fingerprint density at radius 1 is 1.47 bits per heavy atom. The summed E-state index contributed by atoms with van der Waals surface area (Å²) in [6.45, 7) is 1.24. The summed E-state index contributed by atoms with van der Waals surface area (Å²) >= 11 is 4.23. The van der Waals surface area contributed by atoms with Gasteiger partial charge in [0.1, 0.15) is 17.3 Å². The normalized spacial score (nSPS) is 19.6. The zero-order valence-corrected chi connectivity index (χ0v) is 12.1. The minimum absolute atomic E-state index is 0.164. The van der Waals surface area contributed by atoms with Crippen LogP contribution in [0.2, 0.25) is 0 Å². The van der Waals surface area contributed by atoms with Gasteiger partial charge in [-0.05, 0) is 11.2 Å². The fourth-order valence-corrected chi connectivity index (χ4v) is 2.99. The van der Waals surface area contributed by atoms with Gasteiger partial charge < -0.3 is 18.9 Å². The highest BCUT2D eigenvalue weighted by Gasteiger charge is 2.23. The van der Waals surface area contributed by atoms with Crippen molar-refractivity contribution in [2.24, 2.45) is 0 Å². The average molecular weight is 305 g/mol. The maximum atomic E-state index is 11.2. The number of rotatable bonds is 5. The van der Waals surface area contributed by atoms with E-state index >= 15 is 0 Å². The second-order valence-electron chi connectivity index (χ2n) is 3.69. The first kappa shape index (κ1) is 15.9. The fraction of sp³-hybridized carbons (Fsp3) is 0.545. The van der Waals surface area contributed by atoms with E-state index in [1.807, 2.05) is 4.90 Å². The summed E-state index contributed by atoms with van der Waals surface area (Å²) < 4.78 is 20.5. The molecule has 106 valence electrons. The third-order valence-electron chi connectivity index (χ3n) is 2.39. The lowest BCUT2D eigenvalue weighted by molar-refractivity contribution is -0.139. The van der Waals surface area contributed by atoms with E-state index in [0.29, 0.717) is 29.6 Å². The highest BCUT2D eigenvalue weighted by atomic mass is 32.2. The van der Waals surface area contributed by atoms with E-state index in [2.05, 4.69) is 4.74 Å². The lowest BCUT2D eigenvalue weighted by Crippen LogP contribution is -2.45. The molecule has 0 saturated carbocycles. The zero-order valence-electron chi connectivity index (χ0n) is 10.5. The Hall–Kier alpha value is -1.12. The summed E-state index contributed by atoms with van der Waals surface area (Å²) in [5, 5.41) is 0. The van der Waals surface area contributed by atoms with Gasteiger partial charge >= 0.3 is 11.9 Å². The topological polar surface area (TPSA) is 78.9 Å². The fourth-order valence-electron chi connectivity index (χ4n) is 1.38. The molecule has 1 aliphatic heterocycles. The molecule has 1 rings (SSSR count). The number of nitrogens with zero attached hydrogens (tertiary/aromatic N) is 1. The third kappa shape index (κ3) is 6.04. The molecule has 0 radical (unpaired) electrons. The molecule has 1 aliphatic rings. The van der Waals surface area contributed by atoms with Gasteiger partial charge in [-0.3, -0.25) is 0 Å². The number of esters is 2. The predicted octanol–water partition coefficient (Wildman–Crippen LogP) is -0.349. The van der Waals surface area contributed by atoms with Crippen LogP contribution in [-0.4, -0.2) is 64.7 Å². The predicted molar refractivity (Wildman–Crippen MR) is 74.2 cm³/mol. The highest BCUT2D eigenvalue weighted by Crippen LogP contribution is 2.06. The molecule has 1 atom stereocenters. The number of ether oxygens (including phenoxy) is 2. The van der Waals surface area contributed by atoms with Crippen LogP contribution >= 0.6 is 12.2 Å². The van der Waals surface area contributed by atoms with Gasteiger partial charge in [-0.15, -0.1) is 0 Å². The lowest BCUT2D eigenvalue weighted by atomic mass is 10.4. The molecule has 0 N–H and O–H groups in total. The van der Waals surface area contributed by atoms with E-state index in [-0.39, 0.29) is 6.61 Å². The van der Waals surface area contributed by atoms with Gasteiger partial charge in [0.05, 0.1) is 20.2 Å². The first-order valence-electron chi connectivity index (χ1n) is 5.58. The van der Waals surface area contributed by atoms with Gasteiger partial charge in [-0.2, -0.15) is 0 Å². The summed E-state index contributed by atoms with van der Waals surface area (Å²) in [7, 11) is 1.22. The second kappa shape index (κ2) is 8.13. The van der Waals surface area contributed by atoms with Crippen molar-refractivity contribution in [3.8, 4) is 0 Å². The van der Waals surface area contributed by atoms with E-state index < -0.39 is 23.1 Å². The first-order chi connectivity index (χ1) is 9.02. The van der Waals surface area contributed by atoms with E-state index in [9.17, 15) is 14.1 Å². The molecule has 1 saturated heterocycles. The Bertz CT molecular complexity index is 385. The van der Waals surface area contributed by atoms with Crippen molar-refractivity contribution < 1.29 is 23.6 Å². The van der Waals surface area contributed by atoms with Gasteiger partial charge in [0, 0.05) is 12.2 Å². The molecule has 0 amide bonds. The lowest BCUT2D eigenvalue weighted by Gasteiger charge is -2.29. The number of thiocarbonyl (C=S) groups is 1. The van der Waals surface area contributed by atoms with E-state index in [1.54, 1.807) is 0 Å². The van der Waals surface area contributed by atoms with Crippen LogP contribution in [0.1, 0.15) is 0 Å². The molecule has 0 bridgehead atoms.